The monoisotopic (exact) mass is 436 g/mol. The highest BCUT2D eigenvalue weighted by Gasteiger charge is 2.15. The fourth-order valence-electron chi connectivity index (χ4n) is 3.15. The largest absolute Gasteiger partial charge is 0.455 e. The second-order valence-electron chi connectivity index (χ2n) is 7.24. The van der Waals surface area contributed by atoms with E-state index in [1.807, 2.05) is 72.5 Å². The zero-order chi connectivity index (χ0) is 22.1. The lowest BCUT2D eigenvalue weighted by Crippen LogP contribution is -2.32. The van der Waals surface area contributed by atoms with Crippen LogP contribution in [0.2, 0.25) is 5.02 Å². The number of halogens is 1. The van der Waals surface area contributed by atoms with Gasteiger partial charge < -0.3 is 10.1 Å². The van der Waals surface area contributed by atoms with Crippen LogP contribution in [-0.4, -0.2) is 29.9 Å². The summed E-state index contributed by atoms with van der Waals surface area (Å²) in [4.78, 5) is 26.6. The molecule has 0 aliphatic carbocycles. The van der Waals surface area contributed by atoms with Gasteiger partial charge in [0.15, 0.2) is 6.61 Å². The molecule has 0 spiro atoms. The molecule has 0 atom stereocenters. The third-order valence-corrected chi connectivity index (χ3v) is 5.17. The number of nitrogens with one attached hydrogen (secondary N) is 1. The lowest BCUT2D eigenvalue weighted by Gasteiger charge is -2.21. The zero-order valence-corrected chi connectivity index (χ0v) is 18.1. The van der Waals surface area contributed by atoms with Gasteiger partial charge in [-0.2, -0.15) is 0 Å². The topological polar surface area (TPSA) is 58.6 Å². The molecule has 0 unspecified atom stereocenters. The van der Waals surface area contributed by atoms with Crippen LogP contribution in [0.4, 0.5) is 5.69 Å². The molecule has 6 heteroatoms. The number of ether oxygens (including phenoxy) is 1. The van der Waals surface area contributed by atoms with Crippen LogP contribution in [0.1, 0.15) is 16.7 Å². The van der Waals surface area contributed by atoms with E-state index in [9.17, 15) is 9.59 Å². The van der Waals surface area contributed by atoms with Gasteiger partial charge in [0, 0.05) is 23.8 Å². The van der Waals surface area contributed by atoms with Crippen LogP contribution in [-0.2, 0) is 27.4 Å². The van der Waals surface area contributed by atoms with E-state index in [0.29, 0.717) is 23.8 Å². The first-order valence-corrected chi connectivity index (χ1v) is 10.4. The zero-order valence-electron chi connectivity index (χ0n) is 17.4. The fraction of sp³-hybridized carbons (Fsp3) is 0.200. The van der Waals surface area contributed by atoms with Crippen molar-refractivity contribution in [2.45, 2.75) is 20.0 Å². The molecule has 0 fully saturated rings. The molecule has 0 radical (unpaired) electrons. The first kappa shape index (κ1) is 22.5. The van der Waals surface area contributed by atoms with E-state index in [1.54, 1.807) is 18.2 Å². The van der Waals surface area contributed by atoms with Crippen LogP contribution in [0.25, 0.3) is 0 Å². The summed E-state index contributed by atoms with van der Waals surface area (Å²) in [7, 11) is 0. The first-order chi connectivity index (χ1) is 15.0. The van der Waals surface area contributed by atoms with Gasteiger partial charge in [-0.05, 0) is 35.7 Å². The molecule has 0 aliphatic rings. The van der Waals surface area contributed by atoms with Gasteiger partial charge in [-0.25, -0.2) is 0 Å². The summed E-state index contributed by atoms with van der Waals surface area (Å²) in [5, 5.41) is 3.29. The number of hydrogen-bond donors (Lipinski definition) is 1. The number of carbonyl (C=O) groups is 2. The third kappa shape index (κ3) is 7.24. The first-order valence-electron chi connectivity index (χ1n) is 10.0. The highest BCUT2D eigenvalue weighted by atomic mass is 35.5. The molecule has 0 saturated heterocycles. The maximum atomic E-state index is 12.4. The van der Waals surface area contributed by atoms with E-state index in [-0.39, 0.29) is 13.2 Å². The van der Waals surface area contributed by atoms with E-state index < -0.39 is 11.9 Å². The van der Waals surface area contributed by atoms with E-state index in [0.717, 1.165) is 16.7 Å². The number of esters is 1. The quantitative estimate of drug-likeness (QED) is 0.488. The number of nitrogens with zero attached hydrogens (tertiary/aromatic N) is 1. The summed E-state index contributed by atoms with van der Waals surface area (Å²) in [6.07, 6.45) is 0. The summed E-state index contributed by atoms with van der Waals surface area (Å²) in [5.41, 5.74) is 3.56. The minimum atomic E-state index is -0.454. The van der Waals surface area contributed by atoms with E-state index >= 15 is 0 Å². The molecular weight excluding hydrogens is 412 g/mol. The maximum Gasteiger partial charge on any atom is 0.320 e. The van der Waals surface area contributed by atoms with Gasteiger partial charge in [0.1, 0.15) is 0 Å². The Morgan fingerprint density at radius 1 is 0.871 bits per heavy atom. The Hall–Kier alpha value is -3.15. The Kier molecular flexibility index (Phi) is 8.21. The smallest absolute Gasteiger partial charge is 0.320 e. The van der Waals surface area contributed by atoms with Crippen LogP contribution < -0.4 is 5.32 Å². The van der Waals surface area contributed by atoms with Crippen molar-refractivity contribution >= 4 is 29.2 Å². The second-order valence-corrected chi connectivity index (χ2v) is 7.64. The van der Waals surface area contributed by atoms with Gasteiger partial charge in [0.25, 0.3) is 5.91 Å². The molecule has 0 saturated carbocycles. The fourth-order valence-corrected chi connectivity index (χ4v) is 3.33. The molecule has 3 aromatic carbocycles. The van der Waals surface area contributed by atoms with Crippen molar-refractivity contribution in [2.24, 2.45) is 0 Å². The van der Waals surface area contributed by atoms with Gasteiger partial charge >= 0.3 is 5.97 Å². The van der Waals surface area contributed by atoms with E-state index in [4.69, 9.17) is 16.3 Å². The van der Waals surface area contributed by atoms with Crippen molar-refractivity contribution in [1.82, 2.24) is 4.90 Å². The third-order valence-electron chi connectivity index (χ3n) is 4.76. The molecule has 1 amide bonds. The summed E-state index contributed by atoms with van der Waals surface area (Å²) in [6, 6.07) is 25.1. The standard InChI is InChI=1S/C25H25ClN2O3/c1-19-22(26)13-8-14-23(19)27-24(29)18-31-25(30)17-28(15-20-9-4-2-5-10-20)16-21-11-6-3-7-12-21/h2-14H,15-18H2,1H3,(H,27,29). The van der Waals surface area contributed by atoms with Gasteiger partial charge in [0.2, 0.25) is 0 Å². The van der Waals surface area contributed by atoms with Gasteiger partial charge in [-0.1, -0.05) is 78.3 Å². The summed E-state index contributed by atoms with van der Waals surface area (Å²) in [6.45, 7) is 2.73. The van der Waals surface area contributed by atoms with Crippen LogP contribution in [0.15, 0.2) is 78.9 Å². The number of benzene rings is 3. The molecule has 31 heavy (non-hydrogen) atoms. The number of anilines is 1. The Morgan fingerprint density at radius 3 is 2.03 bits per heavy atom. The van der Waals surface area contributed by atoms with Crippen LogP contribution in [0.5, 0.6) is 0 Å². The number of rotatable bonds is 9. The SMILES string of the molecule is Cc1c(Cl)cccc1NC(=O)COC(=O)CN(Cc1ccccc1)Cc1ccccc1. The van der Waals surface area contributed by atoms with Crippen molar-refractivity contribution in [3.63, 3.8) is 0 Å². The maximum absolute atomic E-state index is 12.4. The summed E-state index contributed by atoms with van der Waals surface area (Å²) < 4.78 is 5.23. The second kappa shape index (κ2) is 11.3. The highest BCUT2D eigenvalue weighted by Crippen LogP contribution is 2.22. The Balaban J connectivity index is 1.56. The van der Waals surface area contributed by atoms with Gasteiger partial charge in [-0.3, -0.25) is 14.5 Å². The molecule has 0 bridgehead atoms. The van der Waals surface area contributed by atoms with E-state index in [1.165, 1.54) is 0 Å². The Bertz CT molecular complexity index is 968. The minimum Gasteiger partial charge on any atom is -0.455 e. The normalized spacial score (nSPS) is 10.7. The highest BCUT2D eigenvalue weighted by molar-refractivity contribution is 6.31. The molecule has 5 nitrogen and oxygen atoms in total. The Morgan fingerprint density at radius 2 is 1.45 bits per heavy atom. The van der Waals surface area contributed by atoms with Crippen molar-refractivity contribution in [2.75, 3.05) is 18.5 Å². The molecule has 1 N–H and O–H groups in total. The average Bonchev–Trinajstić information content (AvgIpc) is 2.77. The molecular formula is C25H25ClN2O3. The molecule has 0 aromatic heterocycles. The average molecular weight is 437 g/mol. The molecule has 0 aliphatic heterocycles. The lowest BCUT2D eigenvalue weighted by atomic mass is 10.1. The van der Waals surface area contributed by atoms with Gasteiger partial charge in [0.05, 0.1) is 6.54 Å². The Labute approximate surface area is 187 Å². The van der Waals surface area contributed by atoms with E-state index in [2.05, 4.69) is 5.32 Å². The van der Waals surface area contributed by atoms with Gasteiger partial charge in [-0.15, -0.1) is 0 Å². The number of hydrogen-bond acceptors (Lipinski definition) is 4. The number of carbonyl (C=O) groups excluding carboxylic acids is 2. The predicted molar refractivity (Wildman–Crippen MR) is 123 cm³/mol. The number of amides is 1. The minimum absolute atomic E-state index is 0.0766. The molecule has 3 aromatic rings. The summed E-state index contributed by atoms with van der Waals surface area (Å²) in [5.74, 6) is -0.860. The van der Waals surface area contributed by atoms with Crippen LogP contribution in [0.3, 0.4) is 0 Å². The molecule has 0 heterocycles. The van der Waals surface area contributed by atoms with Crippen molar-refractivity contribution in [3.8, 4) is 0 Å². The van der Waals surface area contributed by atoms with Crippen molar-refractivity contribution in [1.29, 1.82) is 0 Å². The molecule has 160 valence electrons. The van der Waals surface area contributed by atoms with Crippen LogP contribution in [0, 0.1) is 6.92 Å². The molecule has 3 rings (SSSR count). The lowest BCUT2D eigenvalue weighted by molar-refractivity contribution is -0.148. The van der Waals surface area contributed by atoms with Crippen molar-refractivity contribution < 1.29 is 14.3 Å². The van der Waals surface area contributed by atoms with Crippen molar-refractivity contribution in [3.05, 3.63) is 101 Å². The summed E-state index contributed by atoms with van der Waals surface area (Å²) >= 11 is 6.07. The predicted octanol–water partition coefficient (Wildman–Crippen LogP) is 4.83. The van der Waals surface area contributed by atoms with Crippen LogP contribution >= 0.6 is 11.6 Å².